The number of aromatic amines is 1. The Bertz CT molecular complexity index is 432. The maximum atomic E-state index is 11.4. The normalized spacial score (nSPS) is 24.4. The molecular weight excluding hydrogens is 190 g/mol. The molecule has 1 aliphatic heterocycles. The van der Waals surface area contributed by atoms with Gasteiger partial charge in [0.05, 0.1) is 11.7 Å². The summed E-state index contributed by atoms with van der Waals surface area (Å²) in [5.41, 5.74) is 3.26. The van der Waals surface area contributed by atoms with Crippen molar-refractivity contribution in [2.24, 2.45) is 0 Å². The average molecular weight is 205 g/mol. The molecular formula is C11H15N3O. The van der Waals surface area contributed by atoms with E-state index >= 15 is 0 Å². The number of fused-ring (bicyclic) bond motifs is 1. The van der Waals surface area contributed by atoms with Gasteiger partial charge in [-0.1, -0.05) is 0 Å². The van der Waals surface area contributed by atoms with Gasteiger partial charge in [0.1, 0.15) is 0 Å². The fourth-order valence-electron chi connectivity index (χ4n) is 2.70. The van der Waals surface area contributed by atoms with Crippen LogP contribution in [0.4, 0.5) is 0 Å². The van der Waals surface area contributed by atoms with Crippen LogP contribution in [0.5, 0.6) is 0 Å². The van der Waals surface area contributed by atoms with Crippen molar-refractivity contribution < 1.29 is 0 Å². The Morgan fingerprint density at radius 3 is 3.00 bits per heavy atom. The van der Waals surface area contributed by atoms with E-state index in [0.29, 0.717) is 6.04 Å². The molecule has 4 nitrogen and oxygen atoms in total. The van der Waals surface area contributed by atoms with Crippen LogP contribution in [0.15, 0.2) is 4.79 Å². The lowest BCUT2D eigenvalue weighted by Gasteiger charge is -2.13. The first kappa shape index (κ1) is 9.09. The smallest absolute Gasteiger partial charge is 0.310 e. The molecule has 0 saturated carbocycles. The fraction of sp³-hybridized carbons (Fsp3) is 0.636. The molecule has 80 valence electrons. The van der Waals surface area contributed by atoms with E-state index in [1.165, 1.54) is 12.0 Å². The van der Waals surface area contributed by atoms with Crippen LogP contribution in [0.2, 0.25) is 0 Å². The summed E-state index contributed by atoms with van der Waals surface area (Å²) < 4.78 is 0. The lowest BCUT2D eigenvalue weighted by atomic mass is 10.1. The molecule has 4 heteroatoms. The van der Waals surface area contributed by atoms with Crippen LogP contribution in [0.1, 0.15) is 42.3 Å². The zero-order valence-electron chi connectivity index (χ0n) is 8.68. The average Bonchev–Trinajstić information content (AvgIpc) is 2.86. The predicted molar refractivity (Wildman–Crippen MR) is 56.9 cm³/mol. The number of rotatable bonds is 1. The highest BCUT2D eigenvalue weighted by Crippen LogP contribution is 2.29. The van der Waals surface area contributed by atoms with E-state index < -0.39 is 0 Å². The molecule has 0 bridgehead atoms. The van der Waals surface area contributed by atoms with Gasteiger partial charge in [0.2, 0.25) is 0 Å². The Balaban J connectivity index is 2.09. The Kier molecular flexibility index (Phi) is 2.09. The Labute approximate surface area is 88.1 Å². The predicted octanol–water partition coefficient (Wildman–Crippen LogP) is 0.683. The highest BCUT2D eigenvalue weighted by atomic mass is 16.1. The number of nitrogens with one attached hydrogen (secondary N) is 2. The zero-order valence-corrected chi connectivity index (χ0v) is 8.68. The van der Waals surface area contributed by atoms with Gasteiger partial charge < -0.3 is 10.3 Å². The molecule has 3 rings (SSSR count). The molecule has 1 saturated heterocycles. The molecule has 2 heterocycles. The van der Waals surface area contributed by atoms with Crippen LogP contribution in [0.25, 0.3) is 0 Å². The van der Waals surface area contributed by atoms with Crippen LogP contribution >= 0.6 is 0 Å². The molecule has 2 aliphatic rings. The monoisotopic (exact) mass is 205 g/mol. The molecule has 2 N–H and O–H groups in total. The van der Waals surface area contributed by atoms with Crippen LogP contribution in [0.3, 0.4) is 0 Å². The molecule has 0 unspecified atom stereocenters. The fourth-order valence-corrected chi connectivity index (χ4v) is 2.70. The van der Waals surface area contributed by atoms with Crippen LogP contribution in [-0.2, 0) is 12.8 Å². The molecule has 0 amide bonds. The number of H-pyrrole nitrogens is 1. The molecule has 1 aromatic rings. The SMILES string of the molecule is O=c1nc([C@@H]2CCCN2)c2c([nH]1)CCC2. The van der Waals surface area contributed by atoms with Gasteiger partial charge in [0.15, 0.2) is 0 Å². The summed E-state index contributed by atoms with van der Waals surface area (Å²) in [7, 11) is 0. The van der Waals surface area contributed by atoms with E-state index in [2.05, 4.69) is 15.3 Å². The van der Waals surface area contributed by atoms with Crippen molar-refractivity contribution in [2.45, 2.75) is 38.1 Å². The molecule has 0 spiro atoms. The van der Waals surface area contributed by atoms with Crippen molar-refractivity contribution in [3.8, 4) is 0 Å². The highest BCUT2D eigenvalue weighted by Gasteiger charge is 2.25. The molecule has 0 radical (unpaired) electrons. The Morgan fingerprint density at radius 2 is 2.20 bits per heavy atom. The Hall–Kier alpha value is -1.16. The summed E-state index contributed by atoms with van der Waals surface area (Å²) in [5.74, 6) is 0. The van der Waals surface area contributed by atoms with E-state index in [1.807, 2.05) is 0 Å². The maximum Gasteiger partial charge on any atom is 0.345 e. The summed E-state index contributed by atoms with van der Waals surface area (Å²) in [5, 5.41) is 3.41. The van der Waals surface area contributed by atoms with Crippen molar-refractivity contribution in [3.63, 3.8) is 0 Å². The lowest BCUT2D eigenvalue weighted by molar-refractivity contribution is 0.614. The standard InChI is InChI=1S/C11H15N3O/c15-11-13-8-4-1-3-7(8)10(14-11)9-5-2-6-12-9/h9,12H,1-6H2,(H,13,14,15)/t9-/m0/s1. The van der Waals surface area contributed by atoms with E-state index in [9.17, 15) is 4.79 Å². The van der Waals surface area contributed by atoms with Crippen molar-refractivity contribution in [1.82, 2.24) is 15.3 Å². The van der Waals surface area contributed by atoms with Gasteiger partial charge in [-0.25, -0.2) is 4.79 Å². The summed E-state index contributed by atoms with van der Waals surface area (Å²) in [4.78, 5) is 18.4. The second-order valence-corrected chi connectivity index (χ2v) is 4.39. The third kappa shape index (κ3) is 1.49. The van der Waals surface area contributed by atoms with Crippen LogP contribution < -0.4 is 11.0 Å². The maximum absolute atomic E-state index is 11.4. The first-order chi connectivity index (χ1) is 7.34. The number of hydrogen-bond acceptors (Lipinski definition) is 3. The molecule has 1 atom stereocenters. The molecule has 0 aromatic carbocycles. The summed E-state index contributed by atoms with van der Waals surface area (Å²) in [6.07, 6.45) is 5.53. The summed E-state index contributed by atoms with van der Waals surface area (Å²) in [6.45, 7) is 1.05. The van der Waals surface area contributed by atoms with Crippen molar-refractivity contribution in [2.75, 3.05) is 6.54 Å². The number of nitrogens with zero attached hydrogens (tertiary/aromatic N) is 1. The summed E-state index contributed by atoms with van der Waals surface area (Å²) >= 11 is 0. The number of aromatic nitrogens is 2. The van der Waals surface area contributed by atoms with Gasteiger partial charge in [-0.15, -0.1) is 0 Å². The van der Waals surface area contributed by atoms with Crippen molar-refractivity contribution in [1.29, 1.82) is 0 Å². The Morgan fingerprint density at radius 1 is 1.27 bits per heavy atom. The van der Waals surface area contributed by atoms with Gasteiger partial charge in [-0.05, 0) is 44.2 Å². The zero-order chi connectivity index (χ0) is 10.3. The third-order valence-electron chi connectivity index (χ3n) is 3.40. The quantitative estimate of drug-likeness (QED) is 0.709. The minimum Gasteiger partial charge on any atom is -0.310 e. The molecule has 15 heavy (non-hydrogen) atoms. The topological polar surface area (TPSA) is 57.8 Å². The number of hydrogen-bond donors (Lipinski definition) is 2. The molecule has 1 fully saturated rings. The number of aryl methyl sites for hydroxylation is 1. The van der Waals surface area contributed by atoms with Crippen LogP contribution in [-0.4, -0.2) is 16.5 Å². The molecule has 1 aromatic heterocycles. The molecule has 1 aliphatic carbocycles. The van der Waals surface area contributed by atoms with Gasteiger partial charge in [0.25, 0.3) is 0 Å². The van der Waals surface area contributed by atoms with Crippen LogP contribution in [0, 0.1) is 0 Å². The van der Waals surface area contributed by atoms with E-state index in [4.69, 9.17) is 0 Å². The largest absolute Gasteiger partial charge is 0.345 e. The van der Waals surface area contributed by atoms with Gasteiger partial charge >= 0.3 is 5.69 Å². The second kappa shape index (κ2) is 3.45. The van der Waals surface area contributed by atoms with Crippen molar-refractivity contribution >= 4 is 0 Å². The first-order valence-corrected chi connectivity index (χ1v) is 5.70. The van der Waals surface area contributed by atoms with Gasteiger partial charge in [0, 0.05) is 5.69 Å². The van der Waals surface area contributed by atoms with E-state index in [-0.39, 0.29) is 5.69 Å². The lowest BCUT2D eigenvalue weighted by Crippen LogP contribution is -2.23. The first-order valence-electron chi connectivity index (χ1n) is 5.70. The van der Waals surface area contributed by atoms with Gasteiger partial charge in [-0.2, -0.15) is 4.98 Å². The van der Waals surface area contributed by atoms with E-state index in [1.54, 1.807) is 0 Å². The van der Waals surface area contributed by atoms with Crippen molar-refractivity contribution in [3.05, 3.63) is 27.4 Å². The second-order valence-electron chi connectivity index (χ2n) is 4.39. The highest BCUT2D eigenvalue weighted by molar-refractivity contribution is 5.31. The van der Waals surface area contributed by atoms with Gasteiger partial charge in [-0.3, -0.25) is 0 Å². The van der Waals surface area contributed by atoms with E-state index in [0.717, 1.165) is 43.6 Å². The third-order valence-corrected chi connectivity index (χ3v) is 3.40. The minimum absolute atomic E-state index is 0.181. The summed E-state index contributed by atoms with van der Waals surface area (Å²) in [6, 6.07) is 0.319. The minimum atomic E-state index is -0.181.